The van der Waals surface area contributed by atoms with Crippen molar-refractivity contribution in [2.24, 2.45) is 0 Å². The van der Waals surface area contributed by atoms with E-state index in [9.17, 15) is 4.79 Å². The molecule has 1 aromatic carbocycles. The van der Waals surface area contributed by atoms with Crippen LogP contribution in [0, 0.1) is 0 Å². The molecule has 6 heteroatoms. The summed E-state index contributed by atoms with van der Waals surface area (Å²) >= 11 is 0. The smallest absolute Gasteiger partial charge is 0.289 e. The topological polar surface area (TPSA) is 55.2 Å². The van der Waals surface area contributed by atoms with Crippen molar-refractivity contribution in [1.29, 1.82) is 0 Å². The molecule has 6 nitrogen and oxygen atoms in total. The molecule has 0 unspecified atom stereocenters. The summed E-state index contributed by atoms with van der Waals surface area (Å²) in [6.45, 7) is 3.63. The van der Waals surface area contributed by atoms with Crippen molar-refractivity contribution in [2.75, 3.05) is 40.3 Å². The first kappa shape index (κ1) is 17.4. The van der Waals surface area contributed by atoms with Crippen LogP contribution in [-0.2, 0) is 6.61 Å². The lowest BCUT2D eigenvalue weighted by Crippen LogP contribution is -2.34. The number of carbonyl (C=O) groups excluding carboxylic acids is 1. The Balaban J connectivity index is 1.61. The lowest BCUT2D eigenvalue weighted by molar-refractivity contribution is 0.0726. The van der Waals surface area contributed by atoms with Crippen molar-refractivity contribution in [2.45, 2.75) is 13.0 Å². The van der Waals surface area contributed by atoms with Crippen LogP contribution in [0.2, 0.25) is 0 Å². The second-order valence-electron chi connectivity index (χ2n) is 6.15. The number of amides is 1. The maximum Gasteiger partial charge on any atom is 0.289 e. The van der Waals surface area contributed by atoms with Gasteiger partial charge in [0.1, 0.15) is 12.4 Å². The fourth-order valence-electron chi connectivity index (χ4n) is 2.86. The normalized spacial score (nSPS) is 15.7. The minimum atomic E-state index is -0.0566. The van der Waals surface area contributed by atoms with Crippen LogP contribution in [-0.4, -0.2) is 56.0 Å². The highest BCUT2D eigenvalue weighted by Gasteiger charge is 2.21. The minimum Gasteiger partial charge on any atom is -0.493 e. The predicted molar refractivity (Wildman–Crippen MR) is 94.1 cm³/mol. The Morgan fingerprint density at radius 1 is 1.08 bits per heavy atom. The number of ether oxygens (including phenoxy) is 2. The van der Waals surface area contributed by atoms with Crippen molar-refractivity contribution in [1.82, 2.24) is 9.80 Å². The Labute approximate surface area is 147 Å². The summed E-state index contributed by atoms with van der Waals surface area (Å²) in [6, 6.07) is 10.9. The summed E-state index contributed by atoms with van der Waals surface area (Å²) in [7, 11) is 3.68. The van der Waals surface area contributed by atoms with Crippen LogP contribution < -0.4 is 9.47 Å². The SMILES string of the molecule is COc1ccccc1OCc1ccc(C(=O)N2CCCN(C)CC2)o1. The van der Waals surface area contributed by atoms with Crippen LogP contribution in [0.3, 0.4) is 0 Å². The fraction of sp³-hybridized carbons (Fsp3) is 0.421. The van der Waals surface area contributed by atoms with E-state index in [1.165, 1.54) is 0 Å². The van der Waals surface area contributed by atoms with Gasteiger partial charge in [-0.1, -0.05) is 12.1 Å². The third-order valence-electron chi connectivity index (χ3n) is 4.32. The zero-order chi connectivity index (χ0) is 17.6. The van der Waals surface area contributed by atoms with E-state index in [0.29, 0.717) is 23.0 Å². The molecule has 2 heterocycles. The highest BCUT2D eigenvalue weighted by atomic mass is 16.5. The molecule has 0 radical (unpaired) electrons. The van der Waals surface area contributed by atoms with Gasteiger partial charge in [0.05, 0.1) is 7.11 Å². The van der Waals surface area contributed by atoms with Gasteiger partial charge in [-0.05, 0) is 44.3 Å². The predicted octanol–water partition coefficient (Wildman–Crippen LogP) is 2.64. The van der Waals surface area contributed by atoms with Crippen molar-refractivity contribution in [3.63, 3.8) is 0 Å². The summed E-state index contributed by atoms with van der Waals surface area (Å²) in [6.07, 6.45) is 0.979. The Morgan fingerprint density at radius 3 is 2.68 bits per heavy atom. The highest BCUT2D eigenvalue weighted by Crippen LogP contribution is 2.27. The van der Waals surface area contributed by atoms with Gasteiger partial charge >= 0.3 is 0 Å². The number of furan rings is 1. The molecule has 134 valence electrons. The van der Waals surface area contributed by atoms with Gasteiger partial charge in [0, 0.05) is 19.6 Å². The van der Waals surface area contributed by atoms with Crippen molar-refractivity contribution < 1.29 is 18.7 Å². The largest absolute Gasteiger partial charge is 0.493 e. The summed E-state index contributed by atoms with van der Waals surface area (Å²) in [5.41, 5.74) is 0. The van der Waals surface area contributed by atoms with Gasteiger partial charge in [0.15, 0.2) is 17.3 Å². The lowest BCUT2D eigenvalue weighted by Gasteiger charge is -2.19. The number of hydrogen-bond donors (Lipinski definition) is 0. The van der Waals surface area contributed by atoms with Gasteiger partial charge in [-0.15, -0.1) is 0 Å². The third-order valence-corrected chi connectivity index (χ3v) is 4.32. The minimum absolute atomic E-state index is 0.0566. The van der Waals surface area contributed by atoms with E-state index in [1.807, 2.05) is 29.2 Å². The monoisotopic (exact) mass is 344 g/mol. The molecule has 1 fully saturated rings. The number of nitrogens with zero attached hydrogens (tertiary/aromatic N) is 2. The maximum absolute atomic E-state index is 12.6. The van der Waals surface area contributed by atoms with Crippen molar-refractivity contribution in [3.05, 3.63) is 47.9 Å². The first-order chi connectivity index (χ1) is 12.2. The quantitative estimate of drug-likeness (QED) is 0.835. The van der Waals surface area contributed by atoms with E-state index < -0.39 is 0 Å². The van der Waals surface area contributed by atoms with Crippen molar-refractivity contribution in [3.8, 4) is 11.5 Å². The molecule has 2 aromatic rings. The van der Waals surface area contributed by atoms with Gasteiger partial charge < -0.3 is 23.7 Å². The molecule has 0 N–H and O–H groups in total. The molecule has 1 amide bonds. The Bertz CT molecular complexity index is 713. The molecule has 1 aliphatic rings. The molecule has 0 aliphatic carbocycles. The van der Waals surface area contributed by atoms with Crippen LogP contribution in [0.1, 0.15) is 22.7 Å². The van der Waals surface area contributed by atoms with Gasteiger partial charge in [-0.2, -0.15) is 0 Å². The van der Waals surface area contributed by atoms with Crippen LogP contribution >= 0.6 is 0 Å². The zero-order valence-corrected chi connectivity index (χ0v) is 14.7. The molecule has 0 bridgehead atoms. The van der Waals surface area contributed by atoms with E-state index in [2.05, 4.69) is 11.9 Å². The van der Waals surface area contributed by atoms with Crippen LogP contribution in [0.5, 0.6) is 11.5 Å². The van der Waals surface area contributed by atoms with Crippen LogP contribution in [0.4, 0.5) is 0 Å². The summed E-state index contributed by atoms with van der Waals surface area (Å²) in [5, 5.41) is 0. The fourth-order valence-corrected chi connectivity index (χ4v) is 2.86. The molecular formula is C19H24N2O4. The molecule has 0 atom stereocenters. The van der Waals surface area contributed by atoms with E-state index >= 15 is 0 Å². The first-order valence-corrected chi connectivity index (χ1v) is 8.49. The van der Waals surface area contributed by atoms with E-state index in [1.54, 1.807) is 19.2 Å². The summed E-state index contributed by atoms with van der Waals surface area (Å²) in [4.78, 5) is 16.7. The third kappa shape index (κ3) is 4.33. The number of likely N-dealkylation sites (N-methyl/N-ethyl adjacent to an activating group) is 1. The van der Waals surface area contributed by atoms with Gasteiger partial charge in [-0.3, -0.25) is 4.79 Å². The van der Waals surface area contributed by atoms with E-state index in [0.717, 1.165) is 32.6 Å². The maximum atomic E-state index is 12.6. The average molecular weight is 344 g/mol. The van der Waals surface area contributed by atoms with Crippen molar-refractivity contribution >= 4 is 5.91 Å². The lowest BCUT2D eigenvalue weighted by atomic mass is 10.3. The van der Waals surface area contributed by atoms with Gasteiger partial charge in [-0.25, -0.2) is 0 Å². The number of rotatable bonds is 5. The van der Waals surface area contributed by atoms with Gasteiger partial charge in [0.25, 0.3) is 5.91 Å². The van der Waals surface area contributed by atoms with Crippen LogP contribution in [0.15, 0.2) is 40.8 Å². The first-order valence-electron chi connectivity index (χ1n) is 8.49. The number of para-hydroxylation sites is 2. The number of carbonyl (C=O) groups is 1. The van der Waals surface area contributed by atoms with Gasteiger partial charge in [0.2, 0.25) is 0 Å². The Hall–Kier alpha value is -2.47. The Morgan fingerprint density at radius 2 is 1.88 bits per heavy atom. The molecular weight excluding hydrogens is 320 g/mol. The van der Waals surface area contributed by atoms with Crippen LogP contribution in [0.25, 0.3) is 0 Å². The molecule has 3 rings (SSSR count). The summed E-state index contributed by atoms with van der Waals surface area (Å²) in [5.74, 6) is 2.23. The number of benzene rings is 1. The second-order valence-corrected chi connectivity index (χ2v) is 6.15. The average Bonchev–Trinajstić information content (AvgIpc) is 3.01. The molecule has 1 saturated heterocycles. The second kappa shape index (κ2) is 8.07. The standard InChI is InChI=1S/C19H24N2O4/c1-20-10-5-11-21(13-12-20)19(22)18-9-8-15(25-18)14-24-17-7-4-3-6-16(17)23-2/h3-4,6-9H,5,10-14H2,1-2H3. The molecule has 1 aliphatic heterocycles. The number of methoxy groups -OCH3 is 1. The summed E-state index contributed by atoms with van der Waals surface area (Å²) < 4.78 is 16.7. The molecule has 0 saturated carbocycles. The Kier molecular flexibility index (Phi) is 5.60. The zero-order valence-electron chi connectivity index (χ0n) is 14.7. The molecule has 25 heavy (non-hydrogen) atoms. The van der Waals surface area contributed by atoms with E-state index in [-0.39, 0.29) is 12.5 Å². The molecule has 0 spiro atoms. The molecule has 1 aromatic heterocycles. The highest BCUT2D eigenvalue weighted by molar-refractivity contribution is 5.91. The van der Waals surface area contributed by atoms with E-state index in [4.69, 9.17) is 13.9 Å². The number of hydrogen-bond acceptors (Lipinski definition) is 5.